The molecule has 0 aliphatic carbocycles. The Bertz CT molecular complexity index is 592. The number of rotatable bonds is 4. The summed E-state index contributed by atoms with van der Waals surface area (Å²) in [6.45, 7) is 5.26. The van der Waals surface area contributed by atoms with E-state index in [1.807, 2.05) is 0 Å². The maximum absolute atomic E-state index is 3.75. The molecule has 0 spiro atoms. The highest BCUT2D eigenvalue weighted by molar-refractivity contribution is 5.31. The van der Waals surface area contributed by atoms with Crippen molar-refractivity contribution in [2.75, 3.05) is 13.1 Å². The van der Waals surface area contributed by atoms with Gasteiger partial charge in [-0.25, -0.2) is 0 Å². The predicted octanol–water partition coefficient (Wildman–Crippen LogP) is 3.36. The molecule has 1 unspecified atom stereocenters. The highest BCUT2D eigenvalue weighted by atomic mass is 14.9. The molecule has 1 heterocycles. The first-order chi connectivity index (χ1) is 10.3. The Morgan fingerprint density at radius 2 is 2.05 bits per heavy atom. The minimum atomic E-state index is 0.473. The van der Waals surface area contributed by atoms with Gasteiger partial charge < -0.3 is 10.6 Å². The van der Waals surface area contributed by atoms with Gasteiger partial charge in [-0.15, -0.1) is 0 Å². The van der Waals surface area contributed by atoms with Crippen LogP contribution in [0.1, 0.15) is 34.7 Å². The average molecular weight is 280 g/mol. The number of hydrogen-bond acceptors (Lipinski definition) is 2. The number of nitrogens with one attached hydrogen (secondary N) is 2. The van der Waals surface area contributed by atoms with Gasteiger partial charge in [0.2, 0.25) is 0 Å². The van der Waals surface area contributed by atoms with E-state index in [0.29, 0.717) is 6.04 Å². The lowest BCUT2D eigenvalue weighted by Gasteiger charge is -2.19. The van der Waals surface area contributed by atoms with Crippen molar-refractivity contribution < 1.29 is 0 Å². The highest BCUT2D eigenvalue weighted by Crippen LogP contribution is 2.23. The molecule has 1 aliphatic rings. The normalized spacial score (nSPS) is 18.0. The topological polar surface area (TPSA) is 24.1 Å². The number of aryl methyl sites for hydroxylation is 1. The first-order valence-corrected chi connectivity index (χ1v) is 7.90. The third-order valence-corrected chi connectivity index (χ3v) is 4.24. The van der Waals surface area contributed by atoms with Gasteiger partial charge in [0.05, 0.1) is 0 Å². The molecule has 2 nitrogen and oxygen atoms in total. The predicted molar refractivity (Wildman–Crippen MR) is 88.4 cm³/mol. The summed E-state index contributed by atoms with van der Waals surface area (Å²) in [7, 11) is 0. The van der Waals surface area contributed by atoms with E-state index in [2.05, 4.69) is 66.1 Å². The smallest absolute Gasteiger partial charge is 0.0335 e. The largest absolute Gasteiger partial charge is 0.313 e. The summed E-state index contributed by atoms with van der Waals surface area (Å²) in [5.41, 5.74) is 5.66. The van der Waals surface area contributed by atoms with Gasteiger partial charge in [0.15, 0.2) is 0 Å². The second kappa shape index (κ2) is 6.88. The molecule has 0 saturated heterocycles. The summed E-state index contributed by atoms with van der Waals surface area (Å²) in [5, 5.41) is 7.25. The molecular formula is C19H24N2. The molecule has 0 radical (unpaired) electrons. The Kier molecular flexibility index (Phi) is 4.69. The Balaban J connectivity index is 1.62. The third-order valence-electron chi connectivity index (χ3n) is 4.24. The quantitative estimate of drug-likeness (QED) is 0.897. The van der Waals surface area contributed by atoms with E-state index in [4.69, 9.17) is 0 Å². The number of benzene rings is 2. The molecule has 110 valence electrons. The Labute approximate surface area is 127 Å². The maximum Gasteiger partial charge on any atom is 0.0335 e. The fraction of sp³-hybridized carbons (Fsp3) is 0.368. The second-order valence-electron chi connectivity index (χ2n) is 5.91. The Hall–Kier alpha value is -1.64. The summed E-state index contributed by atoms with van der Waals surface area (Å²) in [6.07, 6.45) is 2.25. The van der Waals surface area contributed by atoms with Gasteiger partial charge in [0.25, 0.3) is 0 Å². The van der Waals surface area contributed by atoms with Crippen molar-refractivity contribution in [3.8, 4) is 0 Å². The van der Waals surface area contributed by atoms with E-state index in [-0.39, 0.29) is 0 Å². The molecule has 2 N–H and O–H groups in total. The van der Waals surface area contributed by atoms with Crippen molar-refractivity contribution in [1.29, 1.82) is 0 Å². The molecule has 21 heavy (non-hydrogen) atoms. The van der Waals surface area contributed by atoms with E-state index in [9.17, 15) is 0 Å². The van der Waals surface area contributed by atoms with Gasteiger partial charge in [-0.2, -0.15) is 0 Å². The van der Waals surface area contributed by atoms with Gasteiger partial charge in [0.1, 0.15) is 0 Å². The Morgan fingerprint density at radius 1 is 1.14 bits per heavy atom. The molecule has 3 rings (SSSR count). The summed E-state index contributed by atoms with van der Waals surface area (Å²) in [4.78, 5) is 0. The zero-order valence-corrected chi connectivity index (χ0v) is 12.7. The molecule has 0 fully saturated rings. The van der Waals surface area contributed by atoms with Gasteiger partial charge >= 0.3 is 0 Å². The third kappa shape index (κ3) is 3.72. The SMILES string of the molecule is Cc1cccc(CCNC2CCNCc3ccccc32)c1. The van der Waals surface area contributed by atoms with E-state index in [1.165, 1.54) is 22.3 Å². The molecule has 2 aromatic carbocycles. The van der Waals surface area contributed by atoms with Crippen molar-refractivity contribution in [1.82, 2.24) is 10.6 Å². The van der Waals surface area contributed by atoms with Crippen LogP contribution in [0.15, 0.2) is 48.5 Å². The fourth-order valence-electron chi connectivity index (χ4n) is 3.13. The van der Waals surface area contributed by atoms with Crippen LogP contribution >= 0.6 is 0 Å². The van der Waals surface area contributed by atoms with Gasteiger partial charge in [-0.1, -0.05) is 54.1 Å². The van der Waals surface area contributed by atoms with Crippen LogP contribution in [-0.2, 0) is 13.0 Å². The van der Waals surface area contributed by atoms with Crippen LogP contribution in [0.25, 0.3) is 0 Å². The van der Waals surface area contributed by atoms with E-state index >= 15 is 0 Å². The second-order valence-corrected chi connectivity index (χ2v) is 5.91. The molecule has 1 aliphatic heterocycles. The minimum absolute atomic E-state index is 0.473. The van der Waals surface area contributed by atoms with Crippen molar-refractivity contribution >= 4 is 0 Å². The van der Waals surface area contributed by atoms with E-state index < -0.39 is 0 Å². The molecule has 0 aromatic heterocycles. The lowest BCUT2D eigenvalue weighted by atomic mass is 9.99. The van der Waals surface area contributed by atoms with Gasteiger partial charge in [0, 0.05) is 12.6 Å². The molecule has 2 heteroatoms. The first-order valence-electron chi connectivity index (χ1n) is 7.90. The fourth-order valence-corrected chi connectivity index (χ4v) is 3.13. The van der Waals surface area contributed by atoms with Gasteiger partial charge in [-0.3, -0.25) is 0 Å². The molecule has 0 saturated carbocycles. The van der Waals surface area contributed by atoms with Crippen LogP contribution in [-0.4, -0.2) is 13.1 Å². The maximum atomic E-state index is 3.75. The van der Waals surface area contributed by atoms with Crippen molar-refractivity contribution in [3.63, 3.8) is 0 Å². The van der Waals surface area contributed by atoms with Crippen molar-refractivity contribution in [2.45, 2.75) is 32.4 Å². The molecular weight excluding hydrogens is 256 g/mol. The first kappa shape index (κ1) is 14.3. The van der Waals surface area contributed by atoms with Crippen LogP contribution in [0.4, 0.5) is 0 Å². The average Bonchev–Trinajstić information content (AvgIpc) is 2.70. The molecule has 1 atom stereocenters. The Morgan fingerprint density at radius 3 is 2.95 bits per heavy atom. The monoisotopic (exact) mass is 280 g/mol. The summed E-state index contributed by atoms with van der Waals surface area (Å²) < 4.78 is 0. The van der Waals surface area contributed by atoms with Gasteiger partial charge in [-0.05, 0) is 49.5 Å². The van der Waals surface area contributed by atoms with Crippen LogP contribution in [0.3, 0.4) is 0 Å². The van der Waals surface area contributed by atoms with Crippen LogP contribution in [0.2, 0.25) is 0 Å². The number of hydrogen-bond donors (Lipinski definition) is 2. The van der Waals surface area contributed by atoms with E-state index in [1.54, 1.807) is 0 Å². The summed E-state index contributed by atoms with van der Waals surface area (Å²) >= 11 is 0. The van der Waals surface area contributed by atoms with Crippen LogP contribution in [0, 0.1) is 6.92 Å². The lowest BCUT2D eigenvalue weighted by Crippen LogP contribution is -2.25. The standard InChI is InChI=1S/C19H24N2/c1-15-5-4-6-16(13-15)9-12-21-19-10-11-20-14-17-7-2-3-8-18(17)19/h2-8,13,19-21H,9-12,14H2,1H3. The summed E-state index contributed by atoms with van der Waals surface area (Å²) in [6, 6.07) is 18.1. The van der Waals surface area contributed by atoms with Crippen molar-refractivity contribution in [2.24, 2.45) is 0 Å². The molecule has 0 bridgehead atoms. The van der Waals surface area contributed by atoms with E-state index in [0.717, 1.165) is 32.5 Å². The highest BCUT2D eigenvalue weighted by Gasteiger charge is 2.16. The zero-order valence-electron chi connectivity index (χ0n) is 12.7. The minimum Gasteiger partial charge on any atom is -0.313 e. The number of fused-ring (bicyclic) bond motifs is 1. The molecule has 0 amide bonds. The van der Waals surface area contributed by atoms with Crippen LogP contribution < -0.4 is 10.6 Å². The lowest BCUT2D eigenvalue weighted by molar-refractivity contribution is 0.499. The zero-order chi connectivity index (χ0) is 14.5. The van der Waals surface area contributed by atoms with Crippen LogP contribution in [0.5, 0.6) is 0 Å². The molecule has 2 aromatic rings. The van der Waals surface area contributed by atoms with Crippen molar-refractivity contribution in [3.05, 3.63) is 70.8 Å². The summed E-state index contributed by atoms with van der Waals surface area (Å²) in [5.74, 6) is 0.